The van der Waals surface area contributed by atoms with Gasteiger partial charge in [-0.2, -0.15) is 4.31 Å². The zero-order chi connectivity index (χ0) is 22.7. The van der Waals surface area contributed by atoms with Crippen LogP contribution >= 0.6 is 0 Å². The maximum Gasteiger partial charge on any atom is 0.243 e. The van der Waals surface area contributed by atoms with Crippen LogP contribution in [0.1, 0.15) is 26.7 Å². The molecular weight excluding hydrogens is 432 g/mol. The lowest BCUT2D eigenvalue weighted by atomic mass is 10.2. The number of amides is 1. The summed E-state index contributed by atoms with van der Waals surface area (Å²) in [4.78, 5) is 17.4. The number of anilines is 2. The third-order valence-electron chi connectivity index (χ3n) is 6.16. The fourth-order valence-corrected chi connectivity index (χ4v) is 6.19. The Morgan fingerprint density at radius 2 is 1.72 bits per heavy atom. The fraction of sp³-hybridized carbons (Fsp3) is 0.682. The maximum absolute atomic E-state index is 13.2. The van der Waals surface area contributed by atoms with E-state index in [9.17, 15) is 13.2 Å². The van der Waals surface area contributed by atoms with Gasteiger partial charge >= 0.3 is 0 Å². The molecule has 0 unspecified atom stereocenters. The van der Waals surface area contributed by atoms with Gasteiger partial charge in [0.25, 0.3) is 0 Å². The van der Waals surface area contributed by atoms with Crippen LogP contribution in [0.3, 0.4) is 0 Å². The Kier molecular flexibility index (Phi) is 7.36. The summed E-state index contributed by atoms with van der Waals surface area (Å²) in [5, 5.41) is 3.01. The standard InChI is InChI=1S/C22H34N4O5S/c1-17-14-24(15-18(2)31-17)16-22(27)23-20-13-19(5-6-21(20)25-7-3-4-8-25)32(28,29)26-9-11-30-12-10-26/h5-6,13,17-18H,3-4,7-12,14-16H2,1-2H3,(H,23,27)/t17-,18-/m0/s1. The summed E-state index contributed by atoms with van der Waals surface area (Å²) in [5.41, 5.74) is 1.43. The molecule has 3 aliphatic heterocycles. The van der Waals surface area contributed by atoms with E-state index in [2.05, 4.69) is 15.1 Å². The van der Waals surface area contributed by atoms with Gasteiger partial charge in [0, 0.05) is 39.3 Å². The summed E-state index contributed by atoms with van der Waals surface area (Å²) in [6.07, 6.45) is 2.33. The molecule has 0 spiro atoms. The summed E-state index contributed by atoms with van der Waals surface area (Å²) in [6, 6.07) is 5.09. The van der Waals surface area contributed by atoms with Crippen molar-refractivity contribution >= 4 is 27.3 Å². The predicted octanol–water partition coefficient (Wildman–Crippen LogP) is 1.36. The number of rotatable bonds is 6. The van der Waals surface area contributed by atoms with Gasteiger partial charge in [-0.1, -0.05) is 0 Å². The van der Waals surface area contributed by atoms with Gasteiger partial charge in [0.15, 0.2) is 0 Å². The molecule has 0 aromatic heterocycles. The molecule has 9 nitrogen and oxygen atoms in total. The van der Waals surface area contributed by atoms with Crippen molar-refractivity contribution in [3.05, 3.63) is 18.2 Å². The Hall–Kier alpha value is -1.72. The minimum absolute atomic E-state index is 0.0775. The Bertz CT molecular complexity index is 903. The molecule has 1 aromatic carbocycles. The molecule has 178 valence electrons. The van der Waals surface area contributed by atoms with Gasteiger partial charge in [-0.25, -0.2) is 8.42 Å². The van der Waals surface area contributed by atoms with Crippen molar-refractivity contribution in [1.82, 2.24) is 9.21 Å². The van der Waals surface area contributed by atoms with Crippen molar-refractivity contribution in [1.29, 1.82) is 0 Å². The third-order valence-corrected chi connectivity index (χ3v) is 8.05. The summed E-state index contributed by atoms with van der Waals surface area (Å²) in [6.45, 7) is 8.92. The fourth-order valence-electron chi connectivity index (χ4n) is 4.75. The normalized spacial score (nSPS) is 25.8. The second-order valence-electron chi connectivity index (χ2n) is 8.89. The highest BCUT2D eigenvalue weighted by Crippen LogP contribution is 2.32. The second kappa shape index (κ2) is 10.0. The van der Waals surface area contributed by atoms with Crippen LogP contribution in [-0.4, -0.2) is 94.8 Å². The van der Waals surface area contributed by atoms with Crippen LogP contribution in [-0.2, 0) is 24.3 Å². The van der Waals surface area contributed by atoms with Crippen LogP contribution in [0.2, 0.25) is 0 Å². The molecule has 0 saturated carbocycles. The topological polar surface area (TPSA) is 91.4 Å². The van der Waals surface area contributed by atoms with Crippen LogP contribution < -0.4 is 10.2 Å². The molecule has 3 heterocycles. The summed E-state index contributed by atoms with van der Waals surface area (Å²) in [5.74, 6) is -0.146. The zero-order valence-corrected chi connectivity index (χ0v) is 19.8. The van der Waals surface area contributed by atoms with Crippen LogP contribution in [0.15, 0.2) is 23.1 Å². The average molecular weight is 467 g/mol. The van der Waals surface area contributed by atoms with Gasteiger partial charge in [0.2, 0.25) is 15.9 Å². The Morgan fingerprint density at radius 3 is 2.38 bits per heavy atom. The van der Waals surface area contributed by atoms with E-state index in [-0.39, 0.29) is 29.6 Å². The number of benzene rings is 1. The number of sulfonamides is 1. The first-order valence-corrected chi connectivity index (χ1v) is 12.9. The monoisotopic (exact) mass is 466 g/mol. The lowest BCUT2D eigenvalue weighted by Gasteiger charge is -2.34. The molecule has 0 bridgehead atoms. The highest BCUT2D eigenvalue weighted by atomic mass is 32.2. The first-order valence-electron chi connectivity index (χ1n) is 11.5. The average Bonchev–Trinajstić information content (AvgIpc) is 3.28. The van der Waals surface area contributed by atoms with Gasteiger partial charge in [0.05, 0.1) is 48.2 Å². The van der Waals surface area contributed by atoms with E-state index in [0.717, 1.165) is 31.6 Å². The van der Waals surface area contributed by atoms with Crippen molar-refractivity contribution < 1.29 is 22.7 Å². The quantitative estimate of drug-likeness (QED) is 0.677. The molecule has 0 aliphatic carbocycles. The van der Waals surface area contributed by atoms with Crippen LogP contribution in [0.4, 0.5) is 11.4 Å². The molecule has 3 fully saturated rings. The van der Waals surface area contributed by atoms with Crippen LogP contribution in [0.25, 0.3) is 0 Å². The smallest absolute Gasteiger partial charge is 0.243 e. The Morgan fingerprint density at radius 1 is 1.06 bits per heavy atom. The zero-order valence-electron chi connectivity index (χ0n) is 19.0. The van der Waals surface area contributed by atoms with E-state index in [1.165, 1.54) is 4.31 Å². The first-order chi connectivity index (χ1) is 15.3. The number of carbonyl (C=O) groups excluding carboxylic acids is 1. The predicted molar refractivity (Wildman–Crippen MR) is 123 cm³/mol. The molecule has 1 amide bonds. The third kappa shape index (κ3) is 5.43. The lowest BCUT2D eigenvalue weighted by molar-refractivity contribution is -0.121. The largest absolute Gasteiger partial charge is 0.379 e. The van der Waals surface area contributed by atoms with Gasteiger partial charge in [0.1, 0.15) is 0 Å². The van der Waals surface area contributed by atoms with E-state index in [1.54, 1.807) is 12.1 Å². The maximum atomic E-state index is 13.2. The first kappa shape index (κ1) is 23.4. The van der Waals surface area contributed by atoms with E-state index >= 15 is 0 Å². The molecular formula is C22H34N4O5S. The minimum Gasteiger partial charge on any atom is -0.379 e. The number of hydrogen-bond donors (Lipinski definition) is 1. The van der Waals surface area contributed by atoms with Crippen molar-refractivity contribution in [2.45, 2.75) is 43.8 Å². The van der Waals surface area contributed by atoms with E-state index in [4.69, 9.17) is 9.47 Å². The van der Waals surface area contributed by atoms with Crippen LogP contribution in [0, 0.1) is 0 Å². The van der Waals surface area contributed by atoms with E-state index in [1.807, 2.05) is 19.9 Å². The van der Waals surface area contributed by atoms with Crippen molar-refractivity contribution in [2.24, 2.45) is 0 Å². The van der Waals surface area contributed by atoms with Gasteiger partial charge in [-0.05, 0) is 44.9 Å². The summed E-state index contributed by atoms with van der Waals surface area (Å²) < 4.78 is 38.8. The molecule has 10 heteroatoms. The number of nitrogens with one attached hydrogen (secondary N) is 1. The lowest BCUT2D eigenvalue weighted by Crippen LogP contribution is -2.48. The number of morpholine rings is 2. The van der Waals surface area contributed by atoms with Crippen LogP contribution in [0.5, 0.6) is 0 Å². The molecule has 32 heavy (non-hydrogen) atoms. The highest BCUT2D eigenvalue weighted by Gasteiger charge is 2.29. The molecule has 3 aliphatic rings. The minimum atomic E-state index is -3.65. The van der Waals surface area contributed by atoms with Gasteiger partial charge < -0.3 is 19.7 Å². The van der Waals surface area contributed by atoms with Gasteiger partial charge in [-0.15, -0.1) is 0 Å². The molecule has 2 atom stereocenters. The van der Waals surface area contributed by atoms with Crippen molar-refractivity contribution in [3.8, 4) is 0 Å². The molecule has 1 aromatic rings. The van der Waals surface area contributed by atoms with Crippen molar-refractivity contribution in [3.63, 3.8) is 0 Å². The van der Waals surface area contributed by atoms with Gasteiger partial charge in [-0.3, -0.25) is 9.69 Å². The molecule has 0 radical (unpaired) electrons. The Balaban J connectivity index is 1.55. The molecule has 4 rings (SSSR count). The number of carbonyl (C=O) groups is 1. The van der Waals surface area contributed by atoms with Crippen molar-refractivity contribution in [2.75, 3.05) is 69.2 Å². The van der Waals surface area contributed by atoms with E-state index < -0.39 is 10.0 Å². The number of nitrogens with zero attached hydrogens (tertiary/aromatic N) is 3. The molecule has 1 N–H and O–H groups in total. The van der Waals surface area contributed by atoms with E-state index in [0.29, 0.717) is 45.1 Å². The second-order valence-corrected chi connectivity index (χ2v) is 10.8. The summed E-state index contributed by atoms with van der Waals surface area (Å²) >= 11 is 0. The summed E-state index contributed by atoms with van der Waals surface area (Å²) in [7, 11) is -3.65. The molecule has 3 saturated heterocycles. The SMILES string of the molecule is C[C@H]1CN(CC(=O)Nc2cc(S(=O)(=O)N3CCOCC3)ccc2N2CCCC2)C[C@H](C)O1. The number of ether oxygens (including phenoxy) is 2. The highest BCUT2D eigenvalue weighted by molar-refractivity contribution is 7.89. The number of hydrogen-bond acceptors (Lipinski definition) is 7. The Labute approximate surface area is 190 Å².